The van der Waals surface area contributed by atoms with E-state index < -0.39 is 0 Å². The van der Waals surface area contributed by atoms with E-state index in [2.05, 4.69) is 102 Å². The Bertz CT molecular complexity index is 2480. The number of nitrogens with zero attached hydrogens (tertiary/aromatic N) is 3. The van der Waals surface area contributed by atoms with Crippen molar-refractivity contribution in [1.29, 1.82) is 0 Å². The van der Waals surface area contributed by atoms with Crippen LogP contribution in [-0.2, 0) is 0 Å². The van der Waals surface area contributed by atoms with Gasteiger partial charge in [0.2, 0.25) is 0 Å². The molecular weight excluding hydrogens is 574 g/mol. The molecule has 4 nitrogen and oxygen atoms in total. The summed E-state index contributed by atoms with van der Waals surface area (Å²) in [5, 5.41) is 2.65. The molecule has 0 fully saturated rings. The second-order valence-electron chi connectivity index (χ2n) is 11.5. The van der Waals surface area contributed by atoms with Crippen molar-refractivity contribution < 1.29 is 0 Å². The lowest BCUT2D eigenvalue weighted by molar-refractivity contribution is 1.06. The average molecular weight is 606 g/mol. The quantitative estimate of drug-likeness (QED) is 0.148. The first-order valence-corrected chi connectivity index (χ1v) is 15.8. The summed E-state index contributed by atoms with van der Waals surface area (Å²) in [4.78, 5) is 22.1. The molecule has 224 valence electrons. The number of anilines is 3. The van der Waals surface area contributed by atoms with Crippen LogP contribution in [0.3, 0.4) is 0 Å². The molecule has 0 bridgehead atoms. The average Bonchev–Trinajstić information content (AvgIpc) is 3.12. The first kappa shape index (κ1) is 28.2. The minimum atomic E-state index is -0.0414. The van der Waals surface area contributed by atoms with E-state index in [9.17, 15) is 4.79 Å². The molecule has 7 aromatic rings. The predicted octanol–water partition coefficient (Wildman–Crippen LogP) is 10.8. The van der Waals surface area contributed by atoms with Crippen LogP contribution in [0, 0.1) is 0 Å². The van der Waals surface area contributed by atoms with Crippen LogP contribution in [-0.4, -0.2) is 9.55 Å². The third-order valence-electron chi connectivity index (χ3n) is 8.83. The van der Waals surface area contributed by atoms with E-state index in [1.165, 1.54) is 0 Å². The highest BCUT2D eigenvalue weighted by atomic mass is 16.1. The molecule has 0 N–H and O–H groups in total. The molecule has 0 unspecified atom stereocenters. The van der Waals surface area contributed by atoms with Crippen LogP contribution in [0.25, 0.3) is 55.2 Å². The summed E-state index contributed by atoms with van der Waals surface area (Å²) in [5.74, 6) is 0.781. The van der Waals surface area contributed by atoms with E-state index >= 15 is 0 Å². The SMILES string of the molecule is C=C/C=C(\C=C/C)c1cccc(N2c3ccccc3-c3ccccc3-n3c(=O)c4ccccc4c4cccc(c43)-c3ccccc32)n1. The Morgan fingerprint density at radius 2 is 1.17 bits per heavy atom. The van der Waals surface area contributed by atoms with Crippen LogP contribution in [0.4, 0.5) is 17.2 Å². The minimum Gasteiger partial charge on any atom is -0.294 e. The molecule has 1 aliphatic heterocycles. The van der Waals surface area contributed by atoms with Gasteiger partial charge in [0.25, 0.3) is 5.56 Å². The zero-order valence-corrected chi connectivity index (χ0v) is 26.0. The lowest BCUT2D eigenvalue weighted by Gasteiger charge is -2.31. The molecule has 4 heteroatoms. The van der Waals surface area contributed by atoms with Crippen LogP contribution < -0.4 is 10.5 Å². The predicted molar refractivity (Wildman–Crippen MR) is 197 cm³/mol. The molecule has 0 saturated heterocycles. The van der Waals surface area contributed by atoms with Gasteiger partial charge in [-0.2, -0.15) is 0 Å². The Balaban J connectivity index is 1.56. The maximum Gasteiger partial charge on any atom is 0.263 e. The highest BCUT2D eigenvalue weighted by Gasteiger charge is 2.27. The molecular formula is C43H31N3O. The number of allylic oxidation sites excluding steroid dienone is 5. The molecule has 0 atom stereocenters. The van der Waals surface area contributed by atoms with Crippen molar-refractivity contribution in [3.8, 4) is 27.9 Å². The second kappa shape index (κ2) is 11.6. The number of benzene rings is 5. The smallest absolute Gasteiger partial charge is 0.263 e. The fourth-order valence-corrected chi connectivity index (χ4v) is 6.88. The molecule has 2 aromatic heterocycles. The number of para-hydroxylation sites is 4. The second-order valence-corrected chi connectivity index (χ2v) is 11.5. The maximum atomic E-state index is 14.6. The first-order valence-electron chi connectivity index (χ1n) is 15.8. The van der Waals surface area contributed by atoms with Gasteiger partial charge in [-0.1, -0.05) is 128 Å². The third-order valence-corrected chi connectivity index (χ3v) is 8.83. The molecule has 3 heterocycles. The van der Waals surface area contributed by atoms with E-state index in [4.69, 9.17) is 4.98 Å². The van der Waals surface area contributed by atoms with E-state index in [-0.39, 0.29) is 5.56 Å². The van der Waals surface area contributed by atoms with E-state index in [0.29, 0.717) is 5.39 Å². The van der Waals surface area contributed by atoms with Crippen LogP contribution in [0.2, 0.25) is 0 Å². The van der Waals surface area contributed by atoms with Gasteiger partial charge in [-0.25, -0.2) is 4.98 Å². The summed E-state index contributed by atoms with van der Waals surface area (Å²) in [6, 6.07) is 45.4. The zero-order valence-electron chi connectivity index (χ0n) is 26.0. The maximum absolute atomic E-state index is 14.6. The molecule has 0 spiro atoms. The summed E-state index contributed by atoms with van der Waals surface area (Å²) in [5.41, 5.74) is 9.33. The van der Waals surface area contributed by atoms with Gasteiger partial charge in [0.1, 0.15) is 5.82 Å². The summed E-state index contributed by atoms with van der Waals surface area (Å²) >= 11 is 0. The third kappa shape index (κ3) is 4.53. The van der Waals surface area contributed by atoms with Crippen molar-refractivity contribution in [2.75, 3.05) is 4.90 Å². The Morgan fingerprint density at radius 1 is 0.617 bits per heavy atom. The monoisotopic (exact) mass is 605 g/mol. The highest BCUT2D eigenvalue weighted by Crippen LogP contribution is 2.48. The number of fused-ring (bicyclic) bond motifs is 8. The fourth-order valence-electron chi connectivity index (χ4n) is 6.88. The van der Waals surface area contributed by atoms with E-state index in [0.717, 1.165) is 72.7 Å². The number of hydrogen-bond donors (Lipinski definition) is 0. The van der Waals surface area contributed by atoms with Crippen LogP contribution >= 0.6 is 0 Å². The van der Waals surface area contributed by atoms with Gasteiger partial charge in [-0.3, -0.25) is 14.3 Å². The summed E-state index contributed by atoms with van der Waals surface area (Å²) in [6.45, 7) is 5.94. The summed E-state index contributed by atoms with van der Waals surface area (Å²) in [6.07, 6.45) is 7.83. The van der Waals surface area contributed by atoms with Gasteiger partial charge in [-0.15, -0.1) is 0 Å². The van der Waals surface area contributed by atoms with Crippen molar-refractivity contribution in [2.24, 2.45) is 0 Å². The molecule has 1 aliphatic rings. The van der Waals surface area contributed by atoms with Gasteiger partial charge < -0.3 is 0 Å². The number of rotatable bonds is 4. The first-order chi connectivity index (χ1) is 23.2. The standard InChI is InChI=1S/C43H31N3O/c1-3-15-29(16-4-2)37-24-14-28-41(44-37)45-38-25-10-7-18-31(38)32-19-8-12-27-40(32)46-42-34(30-17-5-6-21-36(30)43(46)47)22-13-23-35(42)33-20-9-11-26-39(33)45/h3-28H,1H2,2H3/b16-4-,29-15+. The highest BCUT2D eigenvalue weighted by molar-refractivity contribution is 6.12. The topological polar surface area (TPSA) is 38.1 Å². The van der Waals surface area contributed by atoms with Crippen LogP contribution in [0.15, 0.2) is 169 Å². The normalized spacial score (nSPS) is 12.5. The van der Waals surface area contributed by atoms with Gasteiger partial charge in [-0.05, 0) is 54.3 Å². The lowest BCUT2D eigenvalue weighted by Crippen LogP contribution is -2.22. The van der Waals surface area contributed by atoms with Gasteiger partial charge in [0.05, 0.1) is 28.3 Å². The lowest BCUT2D eigenvalue weighted by atomic mass is 9.93. The van der Waals surface area contributed by atoms with Gasteiger partial charge in [0.15, 0.2) is 0 Å². The molecule has 8 rings (SSSR count). The van der Waals surface area contributed by atoms with Gasteiger partial charge >= 0.3 is 0 Å². The molecule has 0 saturated carbocycles. The van der Waals surface area contributed by atoms with E-state index in [1.54, 1.807) is 6.08 Å². The molecule has 0 radical (unpaired) electrons. The zero-order chi connectivity index (χ0) is 31.9. The Hall–Kier alpha value is -6.26. The van der Waals surface area contributed by atoms with Crippen molar-refractivity contribution in [1.82, 2.24) is 9.55 Å². The number of hydrogen-bond acceptors (Lipinski definition) is 3. The summed E-state index contributed by atoms with van der Waals surface area (Å²) in [7, 11) is 0. The minimum absolute atomic E-state index is 0.0414. The largest absolute Gasteiger partial charge is 0.294 e. The Morgan fingerprint density at radius 3 is 1.87 bits per heavy atom. The van der Waals surface area contributed by atoms with Crippen molar-refractivity contribution in [2.45, 2.75) is 6.92 Å². The van der Waals surface area contributed by atoms with Crippen LogP contribution in [0.5, 0.6) is 0 Å². The fraction of sp³-hybridized carbons (Fsp3) is 0.0233. The van der Waals surface area contributed by atoms with E-state index in [1.807, 2.05) is 72.2 Å². The van der Waals surface area contributed by atoms with Crippen LogP contribution in [0.1, 0.15) is 12.6 Å². The van der Waals surface area contributed by atoms with Gasteiger partial charge in [0, 0.05) is 33.0 Å². The molecule has 5 aromatic carbocycles. The number of aromatic nitrogens is 2. The molecule has 47 heavy (non-hydrogen) atoms. The van der Waals surface area contributed by atoms with Crippen molar-refractivity contribution >= 4 is 44.4 Å². The Kier molecular flexibility index (Phi) is 6.96. The number of pyridine rings is 2. The van der Waals surface area contributed by atoms with Crippen molar-refractivity contribution in [3.63, 3.8) is 0 Å². The Labute approximate surface area is 273 Å². The molecule has 0 aliphatic carbocycles. The summed E-state index contributed by atoms with van der Waals surface area (Å²) < 4.78 is 1.92. The molecule has 0 amide bonds. The van der Waals surface area contributed by atoms with Crippen molar-refractivity contribution in [3.05, 3.63) is 180 Å².